The van der Waals surface area contributed by atoms with E-state index in [4.69, 9.17) is 0 Å². The van der Waals surface area contributed by atoms with Crippen LogP contribution in [0.4, 0.5) is 0 Å². The molecule has 0 atom stereocenters. The van der Waals surface area contributed by atoms with Crippen LogP contribution in [0.25, 0.3) is 11.0 Å². The SMILES string of the molecule is CCn1cc(CCNC(=O)CC(C)(C)C)c2cccnc21. The lowest BCUT2D eigenvalue weighted by atomic mass is 9.92. The largest absolute Gasteiger partial charge is 0.356 e. The Labute approximate surface area is 126 Å². The molecule has 0 saturated heterocycles. The van der Waals surface area contributed by atoms with Crippen molar-refractivity contribution in [3.63, 3.8) is 0 Å². The van der Waals surface area contributed by atoms with Crippen molar-refractivity contribution >= 4 is 16.9 Å². The van der Waals surface area contributed by atoms with Crippen molar-refractivity contribution < 1.29 is 4.79 Å². The molecule has 4 heteroatoms. The number of fused-ring (bicyclic) bond motifs is 1. The smallest absolute Gasteiger partial charge is 0.220 e. The number of carbonyl (C=O) groups excluding carboxylic acids is 1. The third-order valence-electron chi connectivity index (χ3n) is 3.46. The number of hydrogen-bond donors (Lipinski definition) is 1. The normalized spacial score (nSPS) is 11.8. The summed E-state index contributed by atoms with van der Waals surface area (Å²) in [5.74, 6) is 0.125. The van der Waals surface area contributed by atoms with Crippen molar-refractivity contribution in [1.82, 2.24) is 14.9 Å². The van der Waals surface area contributed by atoms with E-state index in [9.17, 15) is 4.79 Å². The molecule has 2 aromatic heterocycles. The molecule has 21 heavy (non-hydrogen) atoms. The van der Waals surface area contributed by atoms with Gasteiger partial charge in [0.1, 0.15) is 5.65 Å². The van der Waals surface area contributed by atoms with Gasteiger partial charge in [0.05, 0.1) is 0 Å². The Kier molecular flexibility index (Phi) is 4.66. The first-order valence-electron chi connectivity index (χ1n) is 7.60. The molecule has 4 nitrogen and oxygen atoms in total. The molecule has 0 fully saturated rings. The van der Waals surface area contributed by atoms with E-state index in [0.717, 1.165) is 18.6 Å². The van der Waals surface area contributed by atoms with E-state index in [2.05, 4.69) is 54.8 Å². The Hall–Kier alpha value is -1.84. The molecule has 0 aliphatic rings. The maximum atomic E-state index is 11.8. The Balaban J connectivity index is 1.99. The molecule has 2 rings (SSSR count). The van der Waals surface area contributed by atoms with Crippen LogP contribution in [-0.4, -0.2) is 22.0 Å². The molecule has 0 bridgehead atoms. The van der Waals surface area contributed by atoms with E-state index in [1.54, 1.807) is 0 Å². The standard InChI is InChI=1S/C17H25N3O/c1-5-20-12-13(14-7-6-9-19-16(14)20)8-10-18-15(21)11-17(2,3)4/h6-7,9,12H,5,8,10-11H2,1-4H3,(H,18,21). The summed E-state index contributed by atoms with van der Waals surface area (Å²) in [6.07, 6.45) is 5.37. The number of nitrogens with one attached hydrogen (secondary N) is 1. The number of hydrogen-bond acceptors (Lipinski definition) is 2. The van der Waals surface area contributed by atoms with E-state index >= 15 is 0 Å². The first kappa shape index (κ1) is 15.5. The molecule has 1 amide bonds. The van der Waals surface area contributed by atoms with E-state index < -0.39 is 0 Å². The minimum atomic E-state index is 0.0340. The number of amides is 1. The minimum Gasteiger partial charge on any atom is -0.356 e. The molecule has 1 N–H and O–H groups in total. The summed E-state index contributed by atoms with van der Waals surface area (Å²) in [5, 5.41) is 4.20. The second-order valence-corrected chi connectivity index (χ2v) is 6.65. The van der Waals surface area contributed by atoms with Crippen molar-refractivity contribution in [1.29, 1.82) is 0 Å². The van der Waals surface area contributed by atoms with Crippen LogP contribution in [0.15, 0.2) is 24.5 Å². The van der Waals surface area contributed by atoms with Gasteiger partial charge in [-0.15, -0.1) is 0 Å². The zero-order valence-electron chi connectivity index (χ0n) is 13.4. The Morgan fingerprint density at radius 2 is 2.14 bits per heavy atom. The second-order valence-electron chi connectivity index (χ2n) is 6.65. The van der Waals surface area contributed by atoms with Crippen LogP contribution in [-0.2, 0) is 17.8 Å². The highest BCUT2D eigenvalue weighted by atomic mass is 16.1. The fourth-order valence-electron chi connectivity index (χ4n) is 2.52. The number of aromatic nitrogens is 2. The third kappa shape index (κ3) is 4.06. The maximum absolute atomic E-state index is 11.8. The van der Waals surface area contributed by atoms with Crippen molar-refractivity contribution in [2.75, 3.05) is 6.54 Å². The molecule has 0 radical (unpaired) electrons. The van der Waals surface area contributed by atoms with Crippen LogP contribution in [0.1, 0.15) is 39.7 Å². The first-order chi connectivity index (χ1) is 9.90. The number of carbonyl (C=O) groups is 1. The van der Waals surface area contributed by atoms with Crippen molar-refractivity contribution in [2.24, 2.45) is 5.41 Å². The van der Waals surface area contributed by atoms with E-state index in [1.165, 1.54) is 10.9 Å². The Bertz CT molecular complexity index is 622. The summed E-state index contributed by atoms with van der Waals surface area (Å²) in [4.78, 5) is 16.3. The third-order valence-corrected chi connectivity index (χ3v) is 3.46. The summed E-state index contributed by atoms with van der Waals surface area (Å²) >= 11 is 0. The predicted molar refractivity (Wildman–Crippen MR) is 86.2 cm³/mol. The highest BCUT2D eigenvalue weighted by molar-refractivity contribution is 5.80. The zero-order valence-corrected chi connectivity index (χ0v) is 13.4. The lowest BCUT2D eigenvalue weighted by Crippen LogP contribution is -2.29. The Morgan fingerprint density at radius 3 is 2.81 bits per heavy atom. The number of rotatable bonds is 5. The first-order valence-corrected chi connectivity index (χ1v) is 7.60. The summed E-state index contributed by atoms with van der Waals surface area (Å²) in [5.41, 5.74) is 2.30. The van der Waals surface area contributed by atoms with E-state index in [1.807, 2.05) is 12.3 Å². The van der Waals surface area contributed by atoms with Gasteiger partial charge in [-0.2, -0.15) is 0 Å². The average Bonchev–Trinajstić information content (AvgIpc) is 2.75. The second kappa shape index (κ2) is 6.29. The number of nitrogens with zero attached hydrogens (tertiary/aromatic N) is 2. The summed E-state index contributed by atoms with van der Waals surface area (Å²) in [6, 6.07) is 4.06. The van der Waals surface area contributed by atoms with E-state index in [-0.39, 0.29) is 11.3 Å². The molecule has 2 heterocycles. The molecular formula is C17H25N3O. The lowest BCUT2D eigenvalue weighted by molar-refractivity contribution is -0.122. The molecule has 2 aromatic rings. The van der Waals surface area contributed by atoms with Gasteiger partial charge in [-0.1, -0.05) is 20.8 Å². The van der Waals surface area contributed by atoms with Crippen LogP contribution in [0.3, 0.4) is 0 Å². The van der Waals surface area contributed by atoms with Crippen LogP contribution in [0, 0.1) is 5.41 Å². The fourth-order valence-corrected chi connectivity index (χ4v) is 2.52. The molecular weight excluding hydrogens is 262 g/mol. The summed E-state index contributed by atoms with van der Waals surface area (Å²) < 4.78 is 2.15. The topological polar surface area (TPSA) is 46.9 Å². The van der Waals surface area contributed by atoms with Crippen LogP contribution < -0.4 is 5.32 Å². The van der Waals surface area contributed by atoms with Crippen LogP contribution in [0.2, 0.25) is 0 Å². The van der Waals surface area contributed by atoms with Crippen LogP contribution >= 0.6 is 0 Å². The molecule has 114 valence electrons. The maximum Gasteiger partial charge on any atom is 0.220 e. The van der Waals surface area contributed by atoms with Gasteiger partial charge in [0.25, 0.3) is 0 Å². The van der Waals surface area contributed by atoms with Crippen molar-refractivity contribution in [2.45, 2.75) is 47.1 Å². The van der Waals surface area contributed by atoms with Gasteiger partial charge in [0.2, 0.25) is 5.91 Å². The summed E-state index contributed by atoms with van der Waals surface area (Å²) in [7, 11) is 0. The Morgan fingerprint density at radius 1 is 1.38 bits per heavy atom. The molecule has 0 spiro atoms. The molecule has 0 saturated carbocycles. The van der Waals surface area contributed by atoms with Gasteiger partial charge in [-0.05, 0) is 36.5 Å². The molecule has 0 aliphatic heterocycles. The van der Waals surface area contributed by atoms with Gasteiger partial charge in [0.15, 0.2) is 0 Å². The van der Waals surface area contributed by atoms with Crippen molar-refractivity contribution in [3.05, 3.63) is 30.1 Å². The lowest BCUT2D eigenvalue weighted by Gasteiger charge is -2.17. The molecule has 0 aromatic carbocycles. The fraction of sp³-hybridized carbons (Fsp3) is 0.529. The van der Waals surface area contributed by atoms with Gasteiger partial charge in [-0.25, -0.2) is 4.98 Å². The monoisotopic (exact) mass is 287 g/mol. The predicted octanol–water partition coefficient (Wildman–Crippen LogP) is 3.15. The van der Waals surface area contributed by atoms with Gasteiger partial charge in [0, 0.05) is 37.3 Å². The average molecular weight is 287 g/mol. The van der Waals surface area contributed by atoms with Crippen molar-refractivity contribution in [3.8, 4) is 0 Å². The quantitative estimate of drug-likeness (QED) is 0.918. The summed E-state index contributed by atoms with van der Waals surface area (Å²) in [6.45, 7) is 9.92. The highest BCUT2D eigenvalue weighted by Crippen LogP contribution is 2.20. The zero-order chi connectivity index (χ0) is 15.5. The highest BCUT2D eigenvalue weighted by Gasteiger charge is 2.15. The molecule has 0 unspecified atom stereocenters. The van der Waals surface area contributed by atoms with Gasteiger partial charge in [-0.3, -0.25) is 4.79 Å². The number of pyridine rings is 1. The van der Waals surface area contributed by atoms with Gasteiger partial charge < -0.3 is 9.88 Å². The van der Waals surface area contributed by atoms with Gasteiger partial charge >= 0.3 is 0 Å². The van der Waals surface area contributed by atoms with Crippen LogP contribution in [0.5, 0.6) is 0 Å². The minimum absolute atomic E-state index is 0.0340. The molecule has 0 aliphatic carbocycles. The number of aryl methyl sites for hydroxylation is 1. The van der Waals surface area contributed by atoms with E-state index in [0.29, 0.717) is 13.0 Å².